The highest BCUT2D eigenvalue weighted by atomic mass is 16.6. The Hall–Kier alpha value is -0.730. The first kappa shape index (κ1) is 18.3. The third kappa shape index (κ3) is 9.76. The molecule has 0 saturated carbocycles. The topological polar surface area (TPSA) is 81.3 Å². The molecule has 1 aliphatic rings. The fourth-order valence-electron chi connectivity index (χ4n) is 1.67. The van der Waals surface area contributed by atoms with Crippen LogP contribution >= 0.6 is 0 Å². The second kappa shape index (κ2) is 11.9. The van der Waals surface area contributed by atoms with Gasteiger partial charge in [0.2, 0.25) is 5.91 Å². The number of ether oxygens (including phenoxy) is 4. The van der Waals surface area contributed by atoms with Crippen molar-refractivity contribution in [2.75, 3.05) is 52.7 Å². The number of amides is 1. The predicted octanol–water partition coefficient (Wildman–Crippen LogP) is -0.103. The van der Waals surface area contributed by atoms with Crippen molar-refractivity contribution in [3.8, 4) is 0 Å². The third-order valence-corrected chi connectivity index (χ3v) is 2.92. The van der Waals surface area contributed by atoms with Crippen LogP contribution in [0.4, 0.5) is 0 Å². The molecule has 0 spiro atoms. The molecule has 1 fully saturated rings. The van der Waals surface area contributed by atoms with Gasteiger partial charge in [0.15, 0.2) is 0 Å². The smallest absolute Gasteiger partial charge is 0.219 e. The molecule has 0 aliphatic carbocycles. The lowest BCUT2D eigenvalue weighted by Crippen LogP contribution is -2.27. The summed E-state index contributed by atoms with van der Waals surface area (Å²) in [6.45, 7) is 8.72. The van der Waals surface area contributed by atoms with Gasteiger partial charge in [0.05, 0.1) is 33.0 Å². The molecule has 1 amide bonds. The van der Waals surface area contributed by atoms with Crippen molar-refractivity contribution in [3.05, 3.63) is 0 Å². The highest BCUT2D eigenvalue weighted by molar-refractivity contribution is 5.75. The lowest BCUT2D eigenvalue weighted by atomic mass is 10.4. The number of carbonyl (C=O) groups excluding carboxylic acids is 1. The Bertz CT molecular complexity index is 278. The minimum atomic E-state index is 0.0450. The van der Waals surface area contributed by atoms with E-state index in [1.807, 2.05) is 13.8 Å². The summed E-state index contributed by atoms with van der Waals surface area (Å²) >= 11 is 0. The molecule has 1 rings (SSSR count). The standard InChI is InChI=1S/C14H28N2O5/c1-3-13(17)15-5-8-19-9-10-20-11-12-14(21-12)16-6-7-18-4-2/h12,14,16H,3-11H2,1-2H3,(H,15,17). The Morgan fingerprint density at radius 1 is 1.05 bits per heavy atom. The molecule has 7 nitrogen and oxygen atoms in total. The lowest BCUT2D eigenvalue weighted by molar-refractivity contribution is -0.121. The van der Waals surface area contributed by atoms with Crippen molar-refractivity contribution in [1.29, 1.82) is 0 Å². The van der Waals surface area contributed by atoms with Gasteiger partial charge in [0.1, 0.15) is 12.3 Å². The molecule has 1 heterocycles. The van der Waals surface area contributed by atoms with Crippen LogP contribution in [-0.2, 0) is 23.7 Å². The van der Waals surface area contributed by atoms with Crippen LogP contribution in [0.2, 0.25) is 0 Å². The van der Waals surface area contributed by atoms with E-state index < -0.39 is 0 Å². The average molecular weight is 304 g/mol. The van der Waals surface area contributed by atoms with E-state index in [9.17, 15) is 4.79 Å². The quantitative estimate of drug-likeness (QED) is 0.344. The van der Waals surface area contributed by atoms with E-state index in [4.69, 9.17) is 18.9 Å². The summed E-state index contributed by atoms with van der Waals surface area (Å²) in [6.07, 6.45) is 0.732. The Balaban J connectivity index is 1.76. The van der Waals surface area contributed by atoms with E-state index >= 15 is 0 Å². The van der Waals surface area contributed by atoms with Gasteiger partial charge in [0, 0.05) is 26.1 Å². The van der Waals surface area contributed by atoms with Gasteiger partial charge in [0.25, 0.3) is 0 Å². The van der Waals surface area contributed by atoms with Crippen molar-refractivity contribution in [2.24, 2.45) is 0 Å². The molecule has 124 valence electrons. The van der Waals surface area contributed by atoms with Gasteiger partial charge in [-0.15, -0.1) is 0 Å². The number of carbonyl (C=O) groups is 1. The van der Waals surface area contributed by atoms with Crippen LogP contribution in [-0.4, -0.2) is 71.0 Å². The number of hydrogen-bond acceptors (Lipinski definition) is 6. The van der Waals surface area contributed by atoms with Crippen LogP contribution in [0, 0.1) is 0 Å². The molecule has 2 N–H and O–H groups in total. The second-order valence-corrected chi connectivity index (χ2v) is 4.64. The van der Waals surface area contributed by atoms with Gasteiger partial charge >= 0.3 is 0 Å². The Morgan fingerprint density at radius 2 is 1.81 bits per heavy atom. The van der Waals surface area contributed by atoms with E-state index in [0.29, 0.717) is 46.0 Å². The highest BCUT2D eigenvalue weighted by Crippen LogP contribution is 2.18. The molecule has 0 aromatic carbocycles. The van der Waals surface area contributed by atoms with Gasteiger partial charge in [-0.25, -0.2) is 0 Å². The summed E-state index contributed by atoms with van der Waals surface area (Å²) in [5.41, 5.74) is 0. The van der Waals surface area contributed by atoms with Gasteiger partial charge in [-0.2, -0.15) is 0 Å². The maximum Gasteiger partial charge on any atom is 0.219 e. The number of rotatable bonds is 14. The highest BCUT2D eigenvalue weighted by Gasteiger charge is 2.38. The van der Waals surface area contributed by atoms with Crippen LogP contribution in [0.5, 0.6) is 0 Å². The first-order valence-electron chi connectivity index (χ1n) is 7.66. The molecular formula is C14H28N2O5. The van der Waals surface area contributed by atoms with Gasteiger partial charge in [-0.05, 0) is 6.92 Å². The molecule has 21 heavy (non-hydrogen) atoms. The van der Waals surface area contributed by atoms with Gasteiger partial charge in [-0.3, -0.25) is 10.1 Å². The van der Waals surface area contributed by atoms with E-state index in [1.165, 1.54) is 0 Å². The minimum Gasteiger partial charge on any atom is -0.380 e. The Labute approximate surface area is 126 Å². The van der Waals surface area contributed by atoms with Crippen LogP contribution in [0.1, 0.15) is 20.3 Å². The van der Waals surface area contributed by atoms with Crippen molar-refractivity contribution < 1.29 is 23.7 Å². The third-order valence-electron chi connectivity index (χ3n) is 2.92. The van der Waals surface area contributed by atoms with E-state index in [2.05, 4.69) is 10.6 Å². The zero-order valence-electron chi connectivity index (χ0n) is 13.1. The Kier molecular flexibility index (Phi) is 10.4. The molecule has 0 bridgehead atoms. The molecule has 2 atom stereocenters. The fourth-order valence-corrected chi connectivity index (χ4v) is 1.67. The summed E-state index contributed by atoms with van der Waals surface area (Å²) in [5.74, 6) is 0.0450. The van der Waals surface area contributed by atoms with Crippen LogP contribution in [0.3, 0.4) is 0 Å². The van der Waals surface area contributed by atoms with Crippen molar-refractivity contribution in [2.45, 2.75) is 32.6 Å². The number of hydrogen-bond donors (Lipinski definition) is 2. The minimum absolute atomic E-state index is 0.0450. The van der Waals surface area contributed by atoms with Crippen LogP contribution in [0.15, 0.2) is 0 Å². The maximum absolute atomic E-state index is 11.0. The molecule has 1 aliphatic heterocycles. The van der Waals surface area contributed by atoms with Crippen molar-refractivity contribution in [3.63, 3.8) is 0 Å². The fraction of sp³-hybridized carbons (Fsp3) is 0.929. The summed E-state index contributed by atoms with van der Waals surface area (Å²) in [7, 11) is 0. The van der Waals surface area contributed by atoms with Crippen molar-refractivity contribution >= 4 is 5.91 Å². The largest absolute Gasteiger partial charge is 0.380 e. The van der Waals surface area contributed by atoms with Crippen molar-refractivity contribution in [1.82, 2.24) is 10.6 Å². The van der Waals surface area contributed by atoms with E-state index in [0.717, 1.165) is 13.2 Å². The SMILES string of the molecule is CCOCCNC1OC1COCCOCCNC(=O)CC. The summed E-state index contributed by atoms with van der Waals surface area (Å²) < 4.78 is 21.4. The zero-order valence-corrected chi connectivity index (χ0v) is 13.1. The molecule has 0 aromatic heterocycles. The van der Waals surface area contributed by atoms with Crippen LogP contribution < -0.4 is 10.6 Å². The monoisotopic (exact) mass is 304 g/mol. The number of nitrogens with one attached hydrogen (secondary N) is 2. The first-order valence-corrected chi connectivity index (χ1v) is 7.66. The normalized spacial score (nSPS) is 20.5. The number of epoxide rings is 1. The zero-order chi connectivity index (χ0) is 15.3. The summed E-state index contributed by atoms with van der Waals surface area (Å²) in [4.78, 5) is 11.0. The second-order valence-electron chi connectivity index (χ2n) is 4.64. The summed E-state index contributed by atoms with van der Waals surface area (Å²) in [6, 6.07) is 0. The van der Waals surface area contributed by atoms with Gasteiger partial charge in [-0.1, -0.05) is 6.92 Å². The Morgan fingerprint density at radius 3 is 2.57 bits per heavy atom. The first-order chi connectivity index (χ1) is 10.3. The van der Waals surface area contributed by atoms with E-state index in [1.54, 1.807) is 0 Å². The predicted molar refractivity (Wildman–Crippen MR) is 78.1 cm³/mol. The lowest BCUT2D eigenvalue weighted by Gasteiger charge is -2.06. The molecule has 0 aromatic rings. The van der Waals surface area contributed by atoms with Crippen LogP contribution in [0.25, 0.3) is 0 Å². The average Bonchev–Trinajstić information content (AvgIpc) is 3.24. The molecule has 1 saturated heterocycles. The van der Waals surface area contributed by atoms with E-state index in [-0.39, 0.29) is 18.2 Å². The van der Waals surface area contributed by atoms with Gasteiger partial charge < -0.3 is 24.3 Å². The molecule has 0 radical (unpaired) electrons. The molecular weight excluding hydrogens is 276 g/mol. The molecule has 7 heteroatoms. The molecule has 2 unspecified atom stereocenters. The maximum atomic E-state index is 11.0. The summed E-state index contributed by atoms with van der Waals surface area (Å²) in [5, 5.41) is 5.97.